The number of hydrogen-bond acceptors (Lipinski definition) is 5. The van der Waals surface area contributed by atoms with Crippen molar-refractivity contribution in [2.45, 2.75) is 67.9 Å². The van der Waals surface area contributed by atoms with Crippen LogP contribution >= 0.6 is 23.1 Å². The van der Waals surface area contributed by atoms with Gasteiger partial charge in [0.15, 0.2) is 4.34 Å². The van der Waals surface area contributed by atoms with Gasteiger partial charge in [-0.25, -0.2) is 9.78 Å². The zero-order chi connectivity index (χ0) is 14.9. The van der Waals surface area contributed by atoms with E-state index in [1.807, 2.05) is 0 Å². The second-order valence-electron chi connectivity index (χ2n) is 6.03. The van der Waals surface area contributed by atoms with Gasteiger partial charge in [-0.2, -0.15) is 0 Å². The summed E-state index contributed by atoms with van der Waals surface area (Å²) >= 11 is 2.91. The van der Waals surface area contributed by atoms with Gasteiger partial charge < -0.3 is 9.84 Å². The van der Waals surface area contributed by atoms with E-state index in [1.165, 1.54) is 49.9 Å². The van der Waals surface area contributed by atoms with Crippen LogP contribution in [0.15, 0.2) is 4.34 Å². The van der Waals surface area contributed by atoms with Crippen LogP contribution in [-0.4, -0.2) is 33.5 Å². The molecule has 6 heteroatoms. The molecule has 1 aliphatic heterocycles. The molecule has 21 heavy (non-hydrogen) atoms. The van der Waals surface area contributed by atoms with Gasteiger partial charge in [-0.1, -0.05) is 31.0 Å². The lowest BCUT2D eigenvalue weighted by Crippen LogP contribution is -2.32. The number of aryl methyl sites for hydroxylation is 1. The summed E-state index contributed by atoms with van der Waals surface area (Å²) in [6.45, 7) is 1.76. The molecule has 2 fully saturated rings. The highest BCUT2D eigenvalue weighted by Crippen LogP contribution is 2.43. The average Bonchev–Trinajstić information content (AvgIpc) is 3.02. The third-order valence-electron chi connectivity index (χ3n) is 4.47. The highest BCUT2D eigenvalue weighted by Gasteiger charge is 2.40. The molecule has 3 rings (SSSR count). The fraction of sp³-hybridized carbons (Fsp3) is 0.733. The standard InChI is InChI=1S/C15H21NO3S2/c1-10-12(13(17)18)21-14(16-10)20-9-11-5-8-15(19-11)6-3-2-4-7-15/h11H,2-9H2,1H3,(H,17,18). The summed E-state index contributed by atoms with van der Waals surface area (Å²) in [5.74, 6) is 0.00319. The van der Waals surface area contributed by atoms with E-state index < -0.39 is 5.97 Å². The molecule has 1 atom stereocenters. The number of thioether (sulfide) groups is 1. The first-order valence-corrected chi connectivity index (χ1v) is 9.40. The van der Waals surface area contributed by atoms with E-state index in [4.69, 9.17) is 9.84 Å². The number of aromatic carboxylic acids is 1. The number of carboxylic acid groups (broad SMARTS) is 1. The molecule has 2 aliphatic rings. The van der Waals surface area contributed by atoms with Gasteiger partial charge in [0.05, 0.1) is 17.4 Å². The molecule has 1 spiro atoms. The number of rotatable bonds is 4. The summed E-state index contributed by atoms with van der Waals surface area (Å²) in [6, 6.07) is 0. The molecule has 1 saturated carbocycles. The first-order chi connectivity index (χ1) is 10.1. The number of thiazole rings is 1. The fourth-order valence-electron chi connectivity index (χ4n) is 3.37. The van der Waals surface area contributed by atoms with E-state index in [0.29, 0.717) is 16.7 Å². The van der Waals surface area contributed by atoms with Crippen molar-refractivity contribution >= 4 is 29.1 Å². The molecule has 0 bridgehead atoms. The molecule has 4 nitrogen and oxygen atoms in total. The molecule has 1 aromatic heterocycles. The van der Waals surface area contributed by atoms with Crippen LogP contribution in [0.2, 0.25) is 0 Å². The van der Waals surface area contributed by atoms with Crippen LogP contribution in [0.25, 0.3) is 0 Å². The van der Waals surface area contributed by atoms with Gasteiger partial charge in [0.25, 0.3) is 0 Å². The van der Waals surface area contributed by atoms with Crippen LogP contribution in [-0.2, 0) is 4.74 Å². The molecule has 1 unspecified atom stereocenters. The van der Waals surface area contributed by atoms with Gasteiger partial charge >= 0.3 is 5.97 Å². The van der Waals surface area contributed by atoms with Gasteiger partial charge in [0.1, 0.15) is 4.88 Å². The number of hydrogen-bond donors (Lipinski definition) is 1. The Bertz CT molecular complexity index is 523. The van der Waals surface area contributed by atoms with E-state index in [2.05, 4.69) is 4.98 Å². The van der Waals surface area contributed by atoms with Crippen molar-refractivity contribution in [1.29, 1.82) is 0 Å². The molecule has 1 N–H and O–H groups in total. The number of ether oxygens (including phenoxy) is 1. The number of nitrogens with zero attached hydrogens (tertiary/aromatic N) is 1. The topological polar surface area (TPSA) is 59.4 Å². The maximum absolute atomic E-state index is 11.0. The van der Waals surface area contributed by atoms with Gasteiger partial charge in [-0.05, 0) is 32.6 Å². The molecule has 0 radical (unpaired) electrons. The van der Waals surface area contributed by atoms with E-state index >= 15 is 0 Å². The maximum atomic E-state index is 11.0. The lowest BCUT2D eigenvalue weighted by atomic mass is 9.83. The van der Waals surface area contributed by atoms with E-state index in [-0.39, 0.29) is 5.60 Å². The Hall–Kier alpha value is -0.590. The normalized spacial score (nSPS) is 24.5. The maximum Gasteiger partial charge on any atom is 0.347 e. The molecule has 0 amide bonds. The van der Waals surface area contributed by atoms with Crippen molar-refractivity contribution in [1.82, 2.24) is 4.98 Å². The quantitative estimate of drug-likeness (QED) is 0.843. The van der Waals surface area contributed by atoms with Crippen LogP contribution < -0.4 is 0 Å². The molecular formula is C15H21NO3S2. The summed E-state index contributed by atoms with van der Waals surface area (Å²) in [7, 11) is 0. The Kier molecular flexibility index (Phi) is 4.57. The van der Waals surface area contributed by atoms with Gasteiger partial charge in [-0.3, -0.25) is 0 Å². The van der Waals surface area contributed by atoms with Crippen molar-refractivity contribution in [3.63, 3.8) is 0 Å². The fourth-order valence-corrected chi connectivity index (χ4v) is 5.47. The van der Waals surface area contributed by atoms with Gasteiger partial charge in [0, 0.05) is 5.75 Å². The van der Waals surface area contributed by atoms with Crippen molar-refractivity contribution < 1.29 is 14.6 Å². The molecule has 1 saturated heterocycles. The van der Waals surface area contributed by atoms with Crippen molar-refractivity contribution in [3.05, 3.63) is 10.6 Å². The minimum Gasteiger partial charge on any atom is -0.477 e. The Morgan fingerprint density at radius 3 is 2.86 bits per heavy atom. The summed E-state index contributed by atoms with van der Waals surface area (Å²) < 4.78 is 7.18. The smallest absolute Gasteiger partial charge is 0.347 e. The van der Waals surface area contributed by atoms with E-state index in [0.717, 1.165) is 16.5 Å². The Labute approximate surface area is 133 Å². The Morgan fingerprint density at radius 1 is 1.43 bits per heavy atom. The van der Waals surface area contributed by atoms with Crippen LogP contribution in [0.5, 0.6) is 0 Å². The second-order valence-corrected chi connectivity index (χ2v) is 8.30. The summed E-state index contributed by atoms with van der Waals surface area (Å²) in [4.78, 5) is 15.7. The zero-order valence-corrected chi connectivity index (χ0v) is 13.9. The molecule has 0 aromatic carbocycles. The van der Waals surface area contributed by atoms with E-state index in [1.54, 1.807) is 18.7 Å². The number of aromatic nitrogens is 1. The van der Waals surface area contributed by atoms with Crippen molar-refractivity contribution in [2.24, 2.45) is 0 Å². The average molecular weight is 327 g/mol. The zero-order valence-electron chi connectivity index (χ0n) is 12.3. The van der Waals surface area contributed by atoms with Crippen LogP contribution in [0.3, 0.4) is 0 Å². The summed E-state index contributed by atoms with van der Waals surface area (Å²) in [6.07, 6.45) is 8.99. The monoisotopic (exact) mass is 327 g/mol. The van der Waals surface area contributed by atoms with Crippen LogP contribution in [0.1, 0.15) is 60.3 Å². The van der Waals surface area contributed by atoms with Crippen molar-refractivity contribution in [3.8, 4) is 0 Å². The highest BCUT2D eigenvalue weighted by molar-refractivity contribution is 8.01. The molecular weight excluding hydrogens is 306 g/mol. The van der Waals surface area contributed by atoms with Gasteiger partial charge in [-0.15, -0.1) is 11.3 Å². The number of carbonyl (C=O) groups is 1. The largest absolute Gasteiger partial charge is 0.477 e. The second kappa shape index (κ2) is 6.26. The van der Waals surface area contributed by atoms with E-state index in [9.17, 15) is 4.79 Å². The third-order valence-corrected chi connectivity index (χ3v) is 6.89. The first-order valence-electron chi connectivity index (χ1n) is 7.59. The van der Waals surface area contributed by atoms with Crippen molar-refractivity contribution in [2.75, 3.05) is 5.75 Å². The molecule has 116 valence electrons. The third kappa shape index (κ3) is 3.43. The minimum atomic E-state index is -0.880. The molecule has 1 aliphatic carbocycles. The highest BCUT2D eigenvalue weighted by atomic mass is 32.2. The lowest BCUT2D eigenvalue weighted by molar-refractivity contribution is -0.0555. The van der Waals surface area contributed by atoms with Crippen LogP contribution in [0, 0.1) is 6.92 Å². The van der Waals surface area contributed by atoms with Crippen LogP contribution in [0.4, 0.5) is 0 Å². The molecule has 1 aromatic rings. The minimum absolute atomic E-state index is 0.161. The first kappa shape index (κ1) is 15.3. The number of carboxylic acids is 1. The predicted octanol–water partition coefficient (Wildman–Crippen LogP) is 4.12. The van der Waals surface area contributed by atoms with Gasteiger partial charge in [0.2, 0.25) is 0 Å². The molecule has 2 heterocycles. The SMILES string of the molecule is Cc1nc(SCC2CCC3(CCCCC3)O2)sc1C(=O)O. The summed E-state index contributed by atoms with van der Waals surface area (Å²) in [5.41, 5.74) is 0.778. The Morgan fingerprint density at radius 2 is 2.19 bits per heavy atom. The Balaban J connectivity index is 1.54. The lowest BCUT2D eigenvalue weighted by Gasteiger charge is -2.33. The summed E-state index contributed by atoms with van der Waals surface area (Å²) in [5, 5.41) is 9.06. The predicted molar refractivity (Wildman–Crippen MR) is 84.5 cm³/mol.